The first kappa shape index (κ1) is 15.1. The summed E-state index contributed by atoms with van der Waals surface area (Å²) in [6.07, 6.45) is 0. The molecule has 4 nitrogen and oxygen atoms in total. The standard InChI is InChI=1S/C13H20N2O2.ClH/c1-16-12-4-3-11(9-13(12)17-2)10-15-7-5-14-6-8-15;/h3-4,9,14H,5-8,10H2,1-2H3;1H. The first-order chi connectivity index (χ1) is 8.33. The van der Waals surface area contributed by atoms with Crippen molar-refractivity contribution in [2.24, 2.45) is 0 Å². The Balaban J connectivity index is 0.00000162. The summed E-state index contributed by atoms with van der Waals surface area (Å²) in [5, 5.41) is 3.35. The molecule has 0 bridgehead atoms. The van der Waals surface area contributed by atoms with Crippen LogP contribution in [0.1, 0.15) is 5.56 Å². The van der Waals surface area contributed by atoms with Gasteiger partial charge in [-0.25, -0.2) is 0 Å². The minimum absolute atomic E-state index is 0. The van der Waals surface area contributed by atoms with Crippen molar-refractivity contribution in [3.8, 4) is 11.5 Å². The molecule has 0 amide bonds. The third-order valence-corrected chi connectivity index (χ3v) is 3.06. The van der Waals surface area contributed by atoms with Crippen LogP contribution in [0.25, 0.3) is 0 Å². The Kier molecular flexibility index (Phi) is 6.25. The van der Waals surface area contributed by atoms with Gasteiger partial charge >= 0.3 is 0 Å². The predicted molar refractivity (Wildman–Crippen MR) is 74.9 cm³/mol. The highest BCUT2D eigenvalue weighted by Crippen LogP contribution is 2.27. The van der Waals surface area contributed by atoms with Gasteiger partial charge in [0.25, 0.3) is 0 Å². The van der Waals surface area contributed by atoms with Gasteiger partial charge in [-0.3, -0.25) is 4.90 Å². The van der Waals surface area contributed by atoms with Crippen molar-refractivity contribution in [2.45, 2.75) is 6.54 Å². The first-order valence-electron chi connectivity index (χ1n) is 5.97. The van der Waals surface area contributed by atoms with Gasteiger partial charge in [-0.05, 0) is 17.7 Å². The molecule has 0 aliphatic carbocycles. The van der Waals surface area contributed by atoms with Crippen LogP contribution < -0.4 is 14.8 Å². The summed E-state index contributed by atoms with van der Waals surface area (Å²) >= 11 is 0. The van der Waals surface area contributed by atoms with E-state index in [9.17, 15) is 0 Å². The summed E-state index contributed by atoms with van der Waals surface area (Å²) in [6.45, 7) is 5.34. The second-order valence-electron chi connectivity index (χ2n) is 4.22. The Morgan fingerprint density at radius 2 is 1.78 bits per heavy atom. The van der Waals surface area contributed by atoms with Crippen LogP contribution >= 0.6 is 12.4 Å². The van der Waals surface area contributed by atoms with E-state index in [4.69, 9.17) is 9.47 Å². The Hall–Kier alpha value is -0.970. The molecule has 1 heterocycles. The van der Waals surface area contributed by atoms with E-state index in [1.54, 1.807) is 14.2 Å². The number of benzene rings is 1. The minimum atomic E-state index is 0. The SMILES string of the molecule is COc1ccc(CN2CCNCC2)cc1OC.Cl. The lowest BCUT2D eigenvalue weighted by Gasteiger charge is -2.27. The van der Waals surface area contributed by atoms with Gasteiger partial charge in [-0.15, -0.1) is 12.4 Å². The second kappa shape index (κ2) is 7.46. The van der Waals surface area contributed by atoms with Crippen molar-refractivity contribution in [1.29, 1.82) is 0 Å². The summed E-state index contributed by atoms with van der Waals surface area (Å²) < 4.78 is 10.5. The van der Waals surface area contributed by atoms with Crippen LogP contribution in [0.5, 0.6) is 11.5 Å². The highest BCUT2D eigenvalue weighted by atomic mass is 35.5. The van der Waals surface area contributed by atoms with Gasteiger partial charge in [0.1, 0.15) is 0 Å². The number of halogens is 1. The lowest BCUT2D eigenvalue weighted by atomic mass is 10.1. The van der Waals surface area contributed by atoms with Gasteiger partial charge in [0.15, 0.2) is 11.5 Å². The van der Waals surface area contributed by atoms with E-state index in [1.165, 1.54) is 5.56 Å². The van der Waals surface area contributed by atoms with Gasteiger partial charge in [-0.1, -0.05) is 6.07 Å². The molecule has 0 unspecified atom stereocenters. The highest BCUT2D eigenvalue weighted by Gasteiger charge is 2.11. The number of methoxy groups -OCH3 is 2. The predicted octanol–water partition coefficient (Wildman–Crippen LogP) is 1.53. The monoisotopic (exact) mass is 272 g/mol. The number of piperazine rings is 1. The third kappa shape index (κ3) is 3.77. The number of hydrogen-bond donors (Lipinski definition) is 1. The summed E-state index contributed by atoms with van der Waals surface area (Å²) in [6, 6.07) is 6.13. The lowest BCUT2D eigenvalue weighted by Crippen LogP contribution is -2.42. The summed E-state index contributed by atoms with van der Waals surface area (Å²) in [5.74, 6) is 1.59. The molecule has 0 radical (unpaired) electrons. The molecular formula is C13H21ClN2O2. The number of ether oxygens (including phenoxy) is 2. The van der Waals surface area contributed by atoms with Crippen LogP contribution in [-0.4, -0.2) is 45.3 Å². The molecule has 18 heavy (non-hydrogen) atoms. The summed E-state index contributed by atoms with van der Waals surface area (Å²) in [4.78, 5) is 2.44. The fraction of sp³-hybridized carbons (Fsp3) is 0.538. The number of nitrogens with zero attached hydrogens (tertiary/aromatic N) is 1. The molecule has 1 aromatic carbocycles. The Morgan fingerprint density at radius 3 is 2.39 bits per heavy atom. The third-order valence-electron chi connectivity index (χ3n) is 3.06. The molecular weight excluding hydrogens is 252 g/mol. The second-order valence-corrected chi connectivity index (χ2v) is 4.22. The smallest absolute Gasteiger partial charge is 0.161 e. The van der Waals surface area contributed by atoms with Gasteiger partial charge in [0, 0.05) is 32.7 Å². The molecule has 1 fully saturated rings. The summed E-state index contributed by atoms with van der Waals surface area (Å²) in [5.41, 5.74) is 1.27. The van der Waals surface area contributed by atoms with Crippen LogP contribution in [0.15, 0.2) is 18.2 Å². The minimum Gasteiger partial charge on any atom is -0.493 e. The van der Waals surface area contributed by atoms with Gasteiger partial charge in [0.05, 0.1) is 14.2 Å². The van der Waals surface area contributed by atoms with E-state index in [0.29, 0.717) is 0 Å². The molecule has 1 aromatic rings. The zero-order valence-electron chi connectivity index (χ0n) is 10.9. The molecule has 0 spiro atoms. The molecule has 102 valence electrons. The summed E-state index contributed by atoms with van der Waals surface area (Å²) in [7, 11) is 3.33. The van der Waals surface area contributed by atoms with Gasteiger partial charge in [-0.2, -0.15) is 0 Å². The fourth-order valence-corrected chi connectivity index (χ4v) is 2.11. The van der Waals surface area contributed by atoms with Crippen LogP contribution in [0.4, 0.5) is 0 Å². The first-order valence-corrected chi connectivity index (χ1v) is 5.97. The Labute approximate surface area is 115 Å². The Morgan fingerprint density at radius 1 is 1.11 bits per heavy atom. The molecule has 1 saturated heterocycles. The number of rotatable bonds is 4. The van der Waals surface area contributed by atoms with Crippen molar-refractivity contribution in [1.82, 2.24) is 10.2 Å². The zero-order valence-corrected chi connectivity index (χ0v) is 11.8. The van der Waals surface area contributed by atoms with E-state index in [2.05, 4.69) is 22.3 Å². The van der Waals surface area contributed by atoms with Crippen molar-refractivity contribution in [2.75, 3.05) is 40.4 Å². The fourth-order valence-electron chi connectivity index (χ4n) is 2.11. The van der Waals surface area contributed by atoms with Crippen molar-refractivity contribution in [3.63, 3.8) is 0 Å². The van der Waals surface area contributed by atoms with E-state index in [-0.39, 0.29) is 12.4 Å². The van der Waals surface area contributed by atoms with E-state index >= 15 is 0 Å². The van der Waals surface area contributed by atoms with Gasteiger partial charge < -0.3 is 14.8 Å². The molecule has 1 aliphatic rings. The van der Waals surface area contributed by atoms with Crippen molar-refractivity contribution >= 4 is 12.4 Å². The largest absolute Gasteiger partial charge is 0.493 e. The maximum Gasteiger partial charge on any atom is 0.161 e. The topological polar surface area (TPSA) is 33.7 Å². The molecule has 0 atom stereocenters. The van der Waals surface area contributed by atoms with Crippen LogP contribution in [-0.2, 0) is 6.54 Å². The quantitative estimate of drug-likeness (QED) is 0.901. The normalized spacial score (nSPS) is 15.9. The lowest BCUT2D eigenvalue weighted by molar-refractivity contribution is 0.233. The molecule has 0 saturated carbocycles. The van der Waals surface area contributed by atoms with Gasteiger partial charge in [0.2, 0.25) is 0 Å². The maximum absolute atomic E-state index is 5.31. The van der Waals surface area contributed by atoms with Crippen LogP contribution in [0.2, 0.25) is 0 Å². The maximum atomic E-state index is 5.31. The van der Waals surface area contributed by atoms with E-state index < -0.39 is 0 Å². The van der Waals surface area contributed by atoms with E-state index in [1.807, 2.05) is 6.07 Å². The average molecular weight is 273 g/mol. The average Bonchev–Trinajstić information content (AvgIpc) is 2.40. The van der Waals surface area contributed by atoms with Crippen molar-refractivity contribution < 1.29 is 9.47 Å². The molecule has 0 aromatic heterocycles. The number of hydrogen-bond acceptors (Lipinski definition) is 4. The van der Waals surface area contributed by atoms with Crippen LogP contribution in [0.3, 0.4) is 0 Å². The molecule has 2 rings (SSSR count). The van der Waals surface area contributed by atoms with Crippen molar-refractivity contribution in [3.05, 3.63) is 23.8 Å². The molecule has 5 heteroatoms. The zero-order chi connectivity index (χ0) is 12.1. The highest BCUT2D eigenvalue weighted by molar-refractivity contribution is 5.85. The van der Waals surface area contributed by atoms with E-state index in [0.717, 1.165) is 44.2 Å². The Bertz CT molecular complexity index is 368. The molecule has 1 N–H and O–H groups in total. The number of nitrogens with one attached hydrogen (secondary N) is 1. The van der Waals surface area contributed by atoms with Crippen LogP contribution in [0, 0.1) is 0 Å². The molecule has 1 aliphatic heterocycles.